The number of benzene rings is 1. The molecule has 0 aliphatic heterocycles. The average molecular weight is 251 g/mol. The minimum Gasteiger partial charge on any atom is -0.192 e. The first-order chi connectivity index (χ1) is 5.15. The van der Waals surface area contributed by atoms with Gasteiger partial charge in [-0.25, -0.2) is 0 Å². The van der Waals surface area contributed by atoms with Crippen molar-refractivity contribution in [1.29, 1.82) is 5.26 Å². The third-order valence-corrected chi connectivity index (χ3v) is 2.17. The standard InChI is InChI=1S/C7H2BrCl2N/c8-4-1-6(9)5(3-11)7(10)2-4/h1-2H. The highest BCUT2D eigenvalue weighted by Gasteiger charge is 2.05. The third-order valence-electron chi connectivity index (χ3n) is 1.12. The van der Waals surface area contributed by atoms with E-state index < -0.39 is 0 Å². The zero-order valence-corrected chi connectivity index (χ0v) is 8.33. The van der Waals surface area contributed by atoms with Crippen LogP contribution < -0.4 is 0 Å². The number of hydrogen-bond acceptors (Lipinski definition) is 1. The summed E-state index contributed by atoms with van der Waals surface area (Å²) in [7, 11) is 0. The van der Waals surface area contributed by atoms with Gasteiger partial charge in [-0.05, 0) is 12.1 Å². The second-order valence-electron chi connectivity index (χ2n) is 1.86. The minimum absolute atomic E-state index is 0.316. The Labute approximate surface area is 82.7 Å². The molecule has 4 heteroatoms. The molecule has 1 rings (SSSR count). The summed E-state index contributed by atoms with van der Waals surface area (Å²) < 4.78 is 0.770. The van der Waals surface area contributed by atoms with Gasteiger partial charge in [0.25, 0.3) is 0 Å². The van der Waals surface area contributed by atoms with Crippen LogP contribution >= 0.6 is 39.1 Å². The van der Waals surface area contributed by atoms with Gasteiger partial charge in [-0.3, -0.25) is 0 Å². The molecule has 0 fully saturated rings. The molecular formula is C7H2BrCl2N. The van der Waals surface area contributed by atoms with Gasteiger partial charge in [0.05, 0.1) is 15.6 Å². The lowest BCUT2D eigenvalue weighted by Crippen LogP contribution is -1.78. The summed E-state index contributed by atoms with van der Waals surface area (Å²) in [6.45, 7) is 0. The molecule has 1 aromatic rings. The second kappa shape index (κ2) is 3.44. The number of halogens is 3. The summed E-state index contributed by atoms with van der Waals surface area (Å²) in [4.78, 5) is 0. The number of nitriles is 1. The fourth-order valence-corrected chi connectivity index (χ4v) is 1.94. The highest BCUT2D eigenvalue weighted by atomic mass is 79.9. The van der Waals surface area contributed by atoms with Gasteiger partial charge >= 0.3 is 0 Å². The maximum atomic E-state index is 8.56. The molecule has 1 aromatic carbocycles. The highest BCUT2D eigenvalue weighted by molar-refractivity contribution is 9.10. The van der Waals surface area contributed by atoms with E-state index in [9.17, 15) is 0 Å². The normalized spacial score (nSPS) is 9.27. The fraction of sp³-hybridized carbons (Fsp3) is 0. The topological polar surface area (TPSA) is 23.8 Å². The van der Waals surface area contributed by atoms with Crippen molar-refractivity contribution in [2.75, 3.05) is 0 Å². The second-order valence-corrected chi connectivity index (χ2v) is 3.59. The van der Waals surface area contributed by atoms with Crippen LogP contribution in [0.3, 0.4) is 0 Å². The first-order valence-corrected chi connectivity index (χ1v) is 4.24. The summed E-state index contributed by atoms with van der Waals surface area (Å²) in [6.07, 6.45) is 0. The van der Waals surface area contributed by atoms with E-state index in [1.807, 2.05) is 6.07 Å². The van der Waals surface area contributed by atoms with Gasteiger partial charge in [0.2, 0.25) is 0 Å². The van der Waals surface area contributed by atoms with Crippen LogP contribution in [0.15, 0.2) is 16.6 Å². The number of rotatable bonds is 0. The molecule has 0 bridgehead atoms. The van der Waals surface area contributed by atoms with Crippen LogP contribution in [0, 0.1) is 11.3 Å². The fourth-order valence-electron chi connectivity index (χ4n) is 0.649. The Morgan fingerprint density at radius 3 is 2.09 bits per heavy atom. The molecule has 0 heterocycles. The van der Waals surface area contributed by atoms with Crippen molar-refractivity contribution >= 4 is 39.1 Å². The summed E-state index contributed by atoms with van der Waals surface area (Å²) in [5.41, 5.74) is 0.316. The highest BCUT2D eigenvalue weighted by Crippen LogP contribution is 2.27. The number of nitrogens with zero attached hydrogens (tertiary/aromatic N) is 1. The molecule has 0 atom stereocenters. The minimum atomic E-state index is 0.316. The van der Waals surface area contributed by atoms with Crippen LogP contribution in [0.5, 0.6) is 0 Å². The molecule has 0 saturated carbocycles. The molecule has 0 N–H and O–H groups in total. The zero-order valence-electron chi connectivity index (χ0n) is 5.24. The zero-order chi connectivity index (χ0) is 8.43. The Balaban J connectivity index is 3.40. The summed E-state index contributed by atoms with van der Waals surface area (Å²) in [5, 5.41) is 9.29. The summed E-state index contributed by atoms with van der Waals surface area (Å²) in [5.74, 6) is 0. The van der Waals surface area contributed by atoms with Gasteiger partial charge in [0.15, 0.2) is 0 Å². The van der Waals surface area contributed by atoms with Gasteiger partial charge in [0, 0.05) is 4.47 Å². The third kappa shape index (κ3) is 1.87. The predicted octanol–water partition coefficient (Wildman–Crippen LogP) is 3.63. The Bertz CT molecular complexity index is 307. The van der Waals surface area contributed by atoms with Crippen molar-refractivity contribution in [3.63, 3.8) is 0 Å². The Hall–Kier alpha value is -0.230. The summed E-state index contributed by atoms with van der Waals surface area (Å²) >= 11 is 14.6. The van der Waals surface area contributed by atoms with E-state index >= 15 is 0 Å². The van der Waals surface area contributed by atoms with E-state index in [-0.39, 0.29) is 0 Å². The van der Waals surface area contributed by atoms with Crippen molar-refractivity contribution < 1.29 is 0 Å². The molecule has 1 nitrogen and oxygen atoms in total. The maximum absolute atomic E-state index is 8.56. The molecule has 11 heavy (non-hydrogen) atoms. The van der Waals surface area contributed by atoms with Gasteiger partial charge in [0.1, 0.15) is 6.07 Å². The quantitative estimate of drug-likeness (QED) is 0.690. The Morgan fingerprint density at radius 1 is 1.27 bits per heavy atom. The Morgan fingerprint density at radius 2 is 1.73 bits per heavy atom. The molecule has 0 spiro atoms. The monoisotopic (exact) mass is 249 g/mol. The van der Waals surface area contributed by atoms with Gasteiger partial charge < -0.3 is 0 Å². The lowest BCUT2D eigenvalue weighted by atomic mass is 10.2. The molecule has 0 aromatic heterocycles. The molecule has 0 unspecified atom stereocenters. The van der Waals surface area contributed by atoms with Gasteiger partial charge in [-0.15, -0.1) is 0 Å². The molecule has 0 amide bonds. The van der Waals surface area contributed by atoms with E-state index in [4.69, 9.17) is 28.5 Å². The molecule has 0 aliphatic rings. The van der Waals surface area contributed by atoms with Crippen molar-refractivity contribution in [1.82, 2.24) is 0 Å². The van der Waals surface area contributed by atoms with Crippen LogP contribution in [-0.2, 0) is 0 Å². The smallest absolute Gasteiger partial charge is 0.102 e. The van der Waals surface area contributed by atoms with E-state index in [2.05, 4.69) is 15.9 Å². The first kappa shape index (κ1) is 8.86. The van der Waals surface area contributed by atoms with Crippen LogP contribution in [0.1, 0.15) is 5.56 Å². The summed E-state index contributed by atoms with van der Waals surface area (Å²) in [6, 6.07) is 5.17. The maximum Gasteiger partial charge on any atom is 0.102 e. The molecule has 56 valence electrons. The lowest BCUT2D eigenvalue weighted by Gasteiger charge is -1.97. The first-order valence-electron chi connectivity index (χ1n) is 2.70. The van der Waals surface area contributed by atoms with E-state index in [1.165, 1.54) is 0 Å². The Kier molecular flexibility index (Phi) is 2.78. The average Bonchev–Trinajstić information content (AvgIpc) is 1.85. The number of hydrogen-bond donors (Lipinski definition) is 0. The van der Waals surface area contributed by atoms with Crippen LogP contribution in [0.2, 0.25) is 10.0 Å². The predicted molar refractivity (Wildman–Crippen MR) is 48.9 cm³/mol. The van der Waals surface area contributed by atoms with Crippen molar-refractivity contribution in [2.24, 2.45) is 0 Å². The molecule has 0 aliphatic carbocycles. The van der Waals surface area contributed by atoms with Gasteiger partial charge in [-0.1, -0.05) is 39.1 Å². The van der Waals surface area contributed by atoms with Crippen LogP contribution in [0.25, 0.3) is 0 Å². The SMILES string of the molecule is N#Cc1c(Cl)cc(Br)cc1Cl. The largest absolute Gasteiger partial charge is 0.192 e. The van der Waals surface area contributed by atoms with Crippen molar-refractivity contribution in [3.05, 3.63) is 32.2 Å². The van der Waals surface area contributed by atoms with Crippen LogP contribution in [0.4, 0.5) is 0 Å². The van der Waals surface area contributed by atoms with E-state index in [0.717, 1.165) is 4.47 Å². The molecular weight excluding hydrogens is 249 g/mol. The van der Waals surface area contributed by atoms with Crippen LogP contribution in [-0.4, -0.2) is 0 Å². The van der Waals surface area contributed by atoms with E-state index in [0.29, 0.717) is 15.6 Å². The van der Waals surface area contributed by atoms with E-state index in [1.54, 1.807) is 12.1 Å². The lowest BCUT2D eigenvalue weighted by molar-refractivity contribution is 1.48. The van der Waals surface area contributed by atoms with Crippen molar-refractivity contribution in [3.8, 4) is 6.07 Å². The van der Waals surface area contributed by atoms with Crippen molar-refractivity contribution in [2.45, 2.75) is 0 Å². The van der Waals surface area contributed by atoms with Gasteiger partial charge in [-0.2, -0.15) is 5.26 Å². The molecule has 0 saturated heterocycles. The molecule has 0 radical (unpaired) electrons.